The minimum atomic E-state index is -0.159. The molecule has 3 nitrogen and oxygen atoms in total. The number of fused-ring (bicyclic) bond motifs is 1. The minimum Gasteiger partial charge on any atom is -0.507 e. The molecule has 0 spiro atoms. The molecule has 1 unspecified atom stereocenters. The number of halogens is 1. The Hall–Kier alpha value is -1.03. The zero-order valence-electron chi connectivity index (χ0n) is 9.70. The molecule has 0 saturated heterocycles. The van der Waals surface area contributed by atoms with Gasteiger partial charge < -0.3 is 9.84 Å². The van der Waals surface area contributed by atoms with Gasteiger partial charge in [0.2, 0.25) is 0 Å². The second-order valence-electron chi connectivity index (χ2n) is 4.25. The van der Waals surface area contributed by atoms with E-state index < -0.39 is 0 Å². The van der Waals surface area contributed by atoms with Crippen LogP contribution >= 0.6 is 15.9 Å². The third-order valence-corrected chi connectivity index (χ3v) is 3.76. The summed E-state index contributed by atoms with van der Waals surface area (Å²) in [4.78, 5) is 11.5. The van der Waals surface area contributed by atoms with E-state index >= 15 is 0 Å². The summed E-state index contributed by atoms with van der Waals surface area (Å²) in [6.07, 6.45) is 2.31. The van der Waals surface area contributed by atoms with Crippen molar-refractivity contribution in [1.29, 1.82) is 0 Å². The number of carbonyl (C=O) groups is 1. The maximum absolute atomic E-state index is 11.5. The van der Waals surface area contributed by atoms with Crippen molar-refractivity contribution in [3.8, 4) is 5.75 Å². The molecule has 0 fully saturated rings. The average molecular weight is 299 g/mol. The molecule has 1 aromatic rings. The van der Waals surface area contributed by atoms with Crippen molar-refractivity contribution in [2.45, 2.75) is 32.1 Å². The van der Waals surface area contributed by atoms with Gasteiger partial charge in [-0.05, 0) is 64.9 Å². The molecule has 0 aromatic heterocycles. The fraction of sp³-hybridized carbons (Fsp3) is 0.462. The summed E-state index contributed by atoms with van der Waals surface area (Å²) < 4.78 is 5.68. The van der Waals surface area contributed by atoms with E-state index in [1.54, 1.807) is 6.07 Å². The van der Waals surface area contributed by atoms with E-state index in [4.69, 9.17) is 4.74 Å². The van der Waals surface area contributed by atoms with Gasteiger partial charge in [0, 0.05) is 0 Å². The van der Waals surface area contributed by atoms with Gasteiger partial charge in [0.1, 0.15) is 5.75 Å². The number of hydrogen-bond donors (Lipinski definition) is 1. The van der Waals surface area contributed by atoms with E-state index in [0.717, 1.165) is 18.4 Å². The number of rotatable bonds is 3. The van der Waals surface area contributed by atoms with Crippen molar-refractivity contribution in [2.75, 3.05) is 6.61 Å². The monoisotopic (exact) mass is 298 g/mol. The first-order chi connectivity index (χ1) is 8.11. The van der Waals surface area contributed by atoms with Gasteiger partial charge in [-0.3, -0.25) is 4.79 Å². The first kappa shape index (κ1) is 12.4. The number of ether oxygens (including phenoxy) is 1. The van der Waals surface area contributed by atoms with Crippen molar-refractivity contribution >= 4 is 21.9 Å². The molecule has 1 aliphatic rings. The zero-order chi connectivity index (χ0) is 12.4. The molecule has 0 radical (unpaired) electrons. The van der Waals surface area contributed by atoms with Crippen LogP contribution in [0.2, 0.25) is 0 Å². The fourth-order valence-corrected chi connectivity index (χ4v) is 2.72. The molecule has 92 valence electrons. The van der Waals surface area contributed by atoms with E-state index in [1.165, 1.54) is 5.56 Å². The molecular weight excluding hydrogens is 284 g/mol. The van der Waals surface area contributed by atoms with Gasteiger partial charge in [-0.2, -0.15) is 0 Å². The van der Waals surface area contributed by atoms with Crippen LogP contribution in [0.3, 0.4) is 0 Å². The van der Waals surface area contributed by atoms with Crippen LogP contribution in [0.4, 0.5) is 0 Å². The Morgan fingerprint density at radius 2 is 2.35 bits per heavy atom. The molecule has 1 N–H and O–H groups in total. The predicted octanol–water partition coefficient (Wildman–Crippen LogP) is 3.14. The van der Waals surface area contributed by atoms with E-state index in [0.29, 0.717) is 17.5 Å². The Morgan fingerprint density at radius 3 is 3.06 bits per heavy atom. The largest absolute Gasteiger partial charge is 0.507 e. The lowest BCUT2D eigenvalue weighted by molar-refractivity contribution is -0.143. The maximum Gasteiger partial charge on any atom is 0.306 e. The SMILES string of the molecule is CCOC(=O)CC1CCc2cc(Br)c(O)cc21. The van der Waals surface area contributed by atoms with E-state index in [9.17, 15) is 9.90 Å². The topological polar surface area (TPSA) is 46.5 Å². The average Bonchev–Trinajstić information content (AvgIpc) is 2.63. The molecular formula is C13H15BrO3. The number of aryl methyl sites for hydroxylation is 1. The molecule has 1 aliphatic carbocycles. The van der Waals surface area contributed by atoms with Gasteiger partial charge in [0.15, 0.2) is 0 Å². The number of esters is 1. The molecule has 0 saturated carbocycles. The van der Waals surface area contributed by atoms with Gasteiger partial charge >= 0.3 is 5.97 Å². The highest BCUT2D eigenvalue weighted by molar-refractivity contribution is 9.10. The van der Waals surface area contributed by atoms with Crippen LogP contribution in [0.15, 0.2) is 16.6 Å². The molecule has 0 aliphatic heterocycles. The Morgan fingerprint density at radius 1 is 1.59 bits per heavy atom. The van der Waals surface area contributed by atoms with Gasteiger partial charge in [-0.25, -0.2) is 0 Å². The molecule has 0 heterocycles. The number of benzene rings is 1. The summed E-state index contributed by atoms with van der Waals surface area (Å²) in [6, 6.07) is 3.70. The second-order valence-corrected chi connectivity index (χ2v) is 5.10. The normalized spacial score (nSPS) is 17.9. The molecule has 1 atom stereocenters. The summed E-state index contributed by atoms with van der Waals surface area (Å²) in [5.74, 6) is 0.260. The standard InChI is InChI=1S/C13H15BrO3/c1-2-17-13(16)6-9-4-3-8-5-11(14)12(15)7-10(8)9/h5,7,9,15H,2-4,6H2,1H3. The Kier molecular flexibility index (Phi) is 3.72. The number of phenols is 1. The van der Waals surface area contributed by atoms with Crippen LogP contribution in [0, 0.1) is 0 Å². The van der Waals surface area contributed by atoms with Crippen molar-refractivity contribution in [1.82, 2.24) is 0 Å². The van der Waals surface area contributed by atoms with Gasteiger partial charge in [0.05, 0.1) is 17.5 Å². The second kappa shape index (κ2) is 5.08. The Bertz CT molecular complexity index is 443. The summed E-state index contributed by atoms with van der Waals surface area (Å²) in [7, 11) is 0. The van der Waals surface area contributed by atoms with Crippen LogP contribution in [0.5, 0.6) is 5.75 Å². The summed E-state index contributed by atoms with van der Waals surface area (Å²) in [5, 5.41) is 9.68. The quantitative estimate of drug-likeness (QED) is 0.872. The lowest BCUT2D eigenvalue weighted by Crippen LogP contribution is -2.08. The van der Waals surface area contributed by atoms with Crippen LogP contribution in [0.1, 0.15) is 36.8 Å². The number of hydrogen-bond acceptors (Lipinski definition) is 3. The van der Waals surface area contributed by atoms with E-state index in [1.807, 2.05) is 13.0 Å². The van der Waals surface area contributed by atoms with Crippen molar-refractivity contribution in [2.24, 2.45) is 0 Å². The van der Waals surface area contributed by atoms with E-state index in [-0.39, 0.29) is 17.6 Å². The number of phenolic OH excluding ortho intramolecular Hbond substituents is 1. The maximum atomic E-state index is 11.5. The van der Waals surface area contributed by atoms with E-state index in [2.05, 4.69) is 15.9 Å². The zero-order valence-corrected chi connectivity index (χ0v) is 11.3. The van der Waals surface area contributed by atoms with Gasteiger partial charge in [0.25, 0.3) is 0 Å². The van der Waals surface area contributed by atoms with Crippen LogP contribution in [-0.4, -0.2) is 17.7 Å². The van der Waals surface area contributed by atoms with Crippen LogP contribution < -0.4 is 0 Å². The molecule has 1 aromatic carbocycles. The predicted molar refractivity (Wildman–Crippen MR) is 68.1 cm³/mol. The van der Waals surface area contributed by atoms with Crippen molar-refractivity contribution in [3.63, 3.8) is 0 Å². The van der Waals surface area contributed by atoms with Crippen molar-refractivity contribution in [3.05, 3.63) is 27.7 Å². The molecule has 2 rings (SSSR count). The molecule has 0 bridgehead atoms. The molecule has 0 amide bonds. The lowest BCUT2D eigenvalue weighted by Gasteiger charge is -2.11. The van der Waals surface area contributed by atoms with Gasteiger partial charge in [-0.1, -0.05) is 0 Å². The third-order valence-electron chi connectivity index (χ3n) is 3.13. The minimum absolute atomic E-state index is 0.159. The highest BCUT2D eigenvalue weighted by Crippen LogP contribution is 2.40. The summed E-state index contributed by atoms with van der Waals surface area (Å²) in [6.45, 7) is 2.23. The van der Waals surface area contributed by atoms with Gasteiger partial charge in [-0.15, -0.1) is 0 Å². The van der Waals surface area contributed by atoms with Crippen molar-refractivity contribution < 1.29 is 14.6 Å². The third kappa shape index (κ3) is 2.63. The fourth-order valence-electron chi connectivity index (χ4n) is 2.33. The Balaban J connectivity index is 2.16. The van der Waals surface area contributed by atoms with Crippen LogP contribution in [-0.2, 0) is 16.0 Å². The summed E-state index contributed by atoms with van der Waals surface area (Å²) >= 11 is 3.30. The molecule has 4 heteroatoms. The highest BCUT2D eigenvalue weighted by atomic mass is 79.9. The molecule has 17 heavy (non-hydrogen) atoms. The number of carbonyl (C=O) groups excluding carboxylic acids is 1. The first-order valence-corrected chi connectivity index (χ1v) is 6.58. The smallest absolute Gasteiger partial charge is 0.306 e. The number of aromatic hydroxyl groups is 1. The Labute approximate surface area is 109 Å². The summed E-state index contributed by atoms with van der Waals surface area (Å²) in [5.41, 5.74) is 2.29. The first-order valence-electron chi connectivity index (χ1n) is 5.78. The van der Waals surface area contributed by atoms with Crippen LogP contribution in [0.25, 0.3) is 0 Å². The highest BCUT2D eigenvalue weighted by Gasteiger charge is 2.26. The lowest BCUT2D eigenvalue weighted by atomic mass is 9.98.